The zero-order chi connectivity index (χ0) is 16.0. The van der Waals surface area contributed by atoms with E-state index in [0.29, 0.717) is 12.5 Å². The Morgan fingerprint density at radius 1 is 1.20 bits per heavy atom. The summed E-state index contributed by atoms with van der Waals surface area (Å²) in [6.45, 7) is 4.40. The van der Waals surface area contributed by atoms with E-state index in [-0.39, 0.29) is 29.0 Å². The van der Waals surface area contributed by atoms with Crippen LogP contribution in [0.2, 0.25) is 0 Å². The van der Waals surface area contributed by atoms with Crippen molar-refractivity contribution in [3.05, 3.63) is 30.6 Å². The van der Waals surface area contributed by atoms with Gasteiger partial charge in [0.15, 0.2) is 5.96 Å². The molecule has 0 aliphatic rings. The van der Waals surface area contributed by atoms with Crippen molar-refractivity contribution < 1.29 is 32.0 Å². The standard InChI is InChI=1S/C6H14N4O.Cu.2NO3/c1-4(2)3-11-6(9)10-5(7)8;;2*2-1(3)4/h4H,3H2,1-2H3,(H5,7,8,9,10);;;/q;+2;2*-1. The second-order valence-corrected chi connectivity index (χ2v) is 2.99. The number of nitrogens with zero attached hydrogens (tertiary/aromatic N) is 3. The average molecular weight is 346 g/mol. The maximum Gasteiger partial charge on any atom is 2.00 e. The maximum atomic E-state index is 8.25. The van der Waals surface area contributed by atoms with Gasteiger partial charge in [0.1, 0.15) is 0 Å². The van der Waals surface area contributed by atoms with Crippen LogP contribution in [0.15, 0.2) is 4.99 Å². The summed E-state index contributed by atoms with van der Waals surface area (Å²) < 4.78 is 4.85. The number of nitrogens with two attached hydrogens (primary N) is 2. The smallest absolute Gasteiger partial charge is 0.464 e. The van der Waals surface area contributed by atoms with Crippen molar-refractivity contribution in [2.45, 2.75) is 13.8 Å². The van der Waals surface area contributed by atoms with Gasteiger partial charge in [-0.2, -0.15) is 4.99 Å². The van der Waals surface area contributed by atoms with Crippen LogP contribution >= 0.6 is 0 Å². The Hall–Kier alpha value is -2.34. The third-order valence-corrected chi connectivity index (χ3v) is 0.784. The van der Waals surface area contributed by atoms with Crippen molar-refractivity contribution in [1.82, 2.24) is 0 Å². The molecule has 0 aromatic carbocycles. The summed E-state index contributed by atoms with van der Waals surface area (Å²) in [4.78, 5) is 19.9. The second kappa shape index (κ2) is 16.7. The Labute approximate surface area is 123 Å². The van der Waals surface area contributed by atoms with Gasteiger partial charge in [0.25, 0.3) is 0 Å². The fourth-order valence-electron chi connectivity index (χ4n) is 0.395. The first-order valence-corrected chi connectivity index (χ1v) is 4.43. The zero-order valence-electron chi connectivity index (χ0n) is 10.4. The third-order valence-electron chi connectivity index (χ3n) is 0.784. The maximum absolute atomic E-state index is 8.25. The van der Waals surface area contributed by atoms with Crippen LogP contribution in [0.3, 0.4) is 0 Å². The van der Waals surface area contributed by atoms with Gasteiger partial charge in [0.05, 0.1) is 16.8 Å². The molecule has 0 spiro atoms. The Kier molecular flexibility index (Phi) is 21.9. The summed E-state index contributed by atoms with van der Waals surface area (Å²) in [6, 6.07) is -0.237. The number of ether oxygens (including phenoxy) is 1. The molecule has 0 atom stereocenters. The Bertz CT molecular complexity index is 299. The van der Waals surface area contributed by atoms with E-state index in [4.69, 9.17) is 52.3 Å². The van der Waals surface area contributed by atoms with Gasteiger partial charge in [-0.1, -0.05) is 13.8 Å². The van der Waals surface area contributed by atoms with E-state index in [1.807, 2.05) is 13.8 Å². The molecular formula is C6H14CuN6O7. The fraction of sp³-hybridized carbons (Fsp3) is 0.667. The molecule has 20 heavy (non-hydrogen) atoms. The van der Waals surface area contributed by atoms with Crippen molar-refractivity contribution in [1.29, 1.82) is 5.41 Å². The predicted octanol–water partition coefficient (Wildman–Crippen LogP) is -0.614. The van der Waals surface area contributed by atoms with E-state index in [1.165, 1.54) is 0 Å². The molecule has 0 aromatic rings. The first-order valence-electron chi connectivity index (χ1n) is 4.43. The van der Waals surface area contributed by atoms with E-state index < -0.39 is 10.2 Å². The van der Waals surface area contributed by atoms with Gasteiger partial charge in [0.2, 0.25) is 0 Å². The molecule has 121 valence electrons. The fourth-order valence-corrected chi connectivity index (χ4v) is 0.395. The van der Waals surface area contributed by atoms with E-state index in [0.717, 1.165) is 0 Å². The van der Waals surface area contributed by atoms with Crippen molar-refractivity contribution in [3.8, 4) is 0 Å². The quantitative estimate of drug-likeness (QED) is 0.190. The second-order valence-electron chi connectivity index (χ2n) is 2.99. The van der Waals surface area contributed by atoms with E-state index in [2.05, 4.69) is 4.99 Å². The van der Waals surface area contributed by atoms with E-state index in [9.17, 15) is 0 Å². The molecule has 0 saturated heterocycles. The molecule has 0 rings (SSSR count). The molecule has 0 heterocycles. The van der Waals surface area contributed by atoms with Crippen LogP contribution in [0.25, 0.3) is 0 Å². The molecule has 0 unspecified atom stereocenters. The molecule has 14 heteroatoms. The molecule has 0 aromatic heterocycles. The van der Waals surface area contributed by atoms with Gasteiger partial charge < -0.3 is 46.8 Å². The minimum atomic E-state index is -1.75. The molecule has 5 N–H and O–H groups in total. The number of aliphatic imine (C=N–C) groups is 1. The van der Waals surface area contributed by atoms with Crippen LogP contribution in [0.5, 0.6) is 0 Å². The van der Waals surface area contributed by atoms with Crippen molar-refractivity contribution in [3.63, 3.8) is 0 Å². The van der Waals surface area contributed by atoms with Gasteiger partial charge in [-0.25, -0.2) is 5.41 Å². The SMILES string of the molecule is CC(C)COC(=N)N=C(N)N.O=[N+]([O-])[O-].O=[N+]([O-])[O-].[Cu+2]. The van der Waals surface area contributed by atoms with Gasteiger partial charge in [-0.3, -0.25) is 0 Å². The number of hydrogen-bond acceptors (Lipinski definition) is 8. The summed E-state index contributed by atoms with van der Waals surface area (Å²) in [5, 5.41) is 36.5. The minimum Gasteiger partial charge on any atom is -0.464 e. The number of nitrogens with one attached hydrogen (secondary N) is 1. The summed E-state index contributed by atoms with van der Waals surface area (Å²) in [5.74, 6) is 0.211. The van der Waals surface area contributed by atoms with Crippen LogP contribution in [0.1, 0.15) is 13.8 Å². The van der Waals surface area contributed by atoms with Crippen LogP contribution in [-0.2, 0) is 21.8 Å². The number of rotatable bonds is 2. The summed E-state index contributed by atoms with van der Waals surface area (Å²) in [6.07, 6.45) is 0. The predicted molar refractivity (Wildman–Crippen MR) is 65.0 cm³/mol. The number of guanidine groups is 1. The monoisotopic (exact) mass is 345 g/mol. The van der Waals surface area contributed by atoms with Crippen LogP contribution in [-0.4, -0.2) is 28.8 Å². The summed E-state index contributed by atoms with van der Waals surface area (Å²) in [7, 11) is 0. The Morgan fingerprint density at radius 2 is 1.50 bits per heavy atom. The van der Waals surface area contributed by atoms with Gasteiger partial charge in [-0.15, -0.1) is 0 Å². The van der Waals surface area contributed by atoms with Crippen LogP contribution < -0.4 is 11.5 Å². The third kappa shape index (κ3) is 75.9. The molecule has 13 nitrogen and oxygen atoms in total. The molecule has 0 saturated carbocycles. The summed E-state index contributed by atoms with van der Waals surface area (Å²) >= 11 is 0. The molecule has 0 amide bonds. The van der Waals surface area contributed by atoms with E-state index in [1.54, 1.807) is 0 Å². The first-order chi connectivity index (χ1) is 8.48. The Balaban J connectivity index is -0.000000119. The minimum absolute atomic E-state index is 0. The van der Waals surface area contributed by atoms with Crippen LogP contribution in [0.4, 0.5) is 0 Å². The molecule has 0 aliphatic heterocycles. The normalized spacial score (nSPS) is 7.55. The van der Waals surface area contributed by atoms with Crippen LogP contribution in [0, 0.1) is 42.0 Å². The zero-order valence-corrected chi connectivity index (χ0v) is 11.4. The molecule has 0 bridgehead atoms. The topological polar surface area (TPSA) is 230 Å². The Morgan fingerprint density at radius 3 is 1.70 bits per heavy atom. The number of hydrogen-bond donors (Lipinski definition) is 3. The number of amidine groups is 1. The van der Waals surface area contributed by atoms with Gasteiger partial charge in [-0.05, 0) is 5.92 Å². The molecule has 0 aliphatic carbocycles. The largest absolute Gasteiger partial charge is 2.00 e. The van der Waals surface area contributed by atoms with Crippen molar-refractivity contribution in [2.24, 2.45) is 22.4 Å². The van der Waals surface area contributed by atoms with E-state index >= 15 is 0 Å². The van der Waals surface area contributed by atoms with Gasteiger partial charge in [0, 0.05) is 0 Å². The molecule has 0 fully saturated rings. The molecular weight excluding hydrogens is 332 g/mol. The van der Waals surface area contributed by atoms with Gasteiger partial charge >= 0.3 is 23.1 Å². The van der Waals surface area contributed by atoms with Crippen molar-refractivity contribution in [2.75, 3.05) is 6.61 Å². The first kappa shape index (κ1) is 26.3. The average Bonchev–Trinajstić information content (AvgIpc) is 2.11. The van der Waals surface area contributed by atoms with Crippen molar-refractivity contribution >= 4 is 12.0 Å². The molecule has 1 radical (unpaired) electrons. The summed E-state index contributed by atoms with van der Waals surface area (Å²) in [5.41, 5.74) is 10.0.